The van der Waals surface area contributed by atoms with E-state index in [1.807, 2.05) is 0 Å². The maximum absolute atomic E-state index is 12.6. The fraction of sp³-hybridized carbons (Fsp3) is 0.143. The number of hydrogen-bond donors (Lipinski definition) is 0. The van der Waals surface area contributed by atoms with Gasteiger partial charge in [-0.25, -0.2) is 9.97 Å². The van der Waals surface area contributed by atoms with Gasteiger partial charge in [-0.15, -0.1) is 11.6 Å². The molecule has 0 amide bonds. The minimum Gasteiger partial charge on any atom is -0.280 e. The van der Waals surface area contributed by atoms with E-state index in [1.54, 1.807) is 22.9 Å². The second-order valence-corrected chi connectivity index (χ2v) is 4.66. The zero-order valence-electron chi connectivity index (χ0n) is 10.6. The molecule has 7 heteroatoms. The molecule has 3 aromatic rings. The normalized spacial score (nSPS) is 12.0. The molecule has 0 unspecified atom stereocenters. The number of pyridine rings is 1. The summed E-state index contributed by atoms with van der Waals surface area (Å²) in [5.74, 6) is 0.669. The highest BCUT2D eigenvalue weighted by Gasteiger charge is 2.30. The van der Waals surface area contributed by atoms with Crippen LogP contribution in [-0.4, -0.2) is 14.5 Å². The molecule has 3 nitrogen and oxygen atoms in total. The summed E-state index contributed by atoms with van der Waals surface area (Å²) < 4.78 is 39.5. The molecule has 0 saturated carbocycles. The van der Waals surface area contributed by atoms with Crippen LogP contribution in [0.5, 0.6) is 0 Å². The highest BCUT2D eigenvalue weighted by atomic mass is 35.5. The third-order valence-electron chi connectivity index (χ3n) is 3.06. The van der Waals surface area contributed by atoms with Crippen molar-refractivity contribution in [1.29, 1.82) is 0 Å². The van der Waals surface area contributed by atoms with Crippen LogP contribution in [0, 0.1) is 0 Å². The molecule has 2 aromatic heterocycles. The first-order valence-corrected chi connectivity index (χ1v) is 6.60. The number of halogens is 4. The van der Waals surface area contributed by atoms with Gasteiger partial charge < -0.3 is 0 Å². The number of imidazole rings is 1. The van der Waals surface area contributed by atoms with Crippen molar-refractivity contribution in [2.45, 2.75) is 12.1 Å². The van der Waals surface area contributed by atoms with E-state index < -0.39 is 11.7 Å². The Hall–Kier alpha value is -2.08. The first kappa shape index (κ1) is 13.9. The van der Waals surface area contributed by atoms with Gasteiger partial charge in [0.2, 0.25) is 0 Å². The molecule has 2 heterocycles. The van der Waals surface area contributed by atoms with Gasteiger partial charge in [-0.2, -0.15) is 13.2 Å². The molecular weight excluding hydrogens is 303 g/mol. The van der Waals surface area contributed by atoms with Crippen LogP contribution in [0.1, 0.15) is 11.4 Å². The van der Waals surface area contributed by atoms with Gasteiger partial charge >= 0.3 is 6.18 Å². The monoisotopic (exact) mass is 311 g/mol. The predicted octanol–water partition coefficient (Wildman–Crippen LogP) is 4.18. The Kier molecular flexibility index (Phi) is 3.33. The van der Waals surface area contributed by atoms with E-state index in [0.29, 0.717) is 22.7 Å². The lowest BCUT2D eigenvalue weighted by Crippen LogP contribution is -2.06. The number of fused-ring (bicyclic) bond motifs is 1. The lowest BCUT2D eigenvalue weighted by molar-refractivity contribution is -0.137. The molecule has 0 bridgehead atoms. The Labute approximate surface area is 123 Å². The summed E-state index contributed by atoms with van der Waals surface area (Å²) in [5.41, 5.74) is 1.05. The molecule has 108 valence electrons. The summed E-state index contributed by atoms with van der Waals surface area (Å²) in [6.45, 7) is 0. The van der Waals surface area contributed by atoms with Crippen LogP contribution < -0.4 is 0 Å². The van der Waals surface area contributed by atoms with Gasteiger partial charge in [0.05, 0.1) is 11.4 Å². The van der Waals surface area contributed by atoms with Crippen molar-refractivity contribution in [2.24, 2.45) is 0 Å². The van der Waals surface area contributed by atoms with Crippen LogP contribution in [0.2, 0.25) is 0 Å². The molecule has 1 aromatic carbocycles. The summed E-state index contributed by atoms with van der Waals surface area (Å²) >= 11 is 5.87. The van der Waals surface area contributed by atoms with Gasteiger partial charge in [0.25, 0.3) is 0 Å². The summed E-state index contributed by atoms with van der Waals surface area (Å²) in [7, 11) is 0. The Morgan fingerprint density at radius 3 is 2.43 bits per heavy atom. The SMILES string of the molecule is FC(F)(F)c1ccc(-n2c(CCl)nc3cccnc32)cc1. The number of benzene rings is 1. The molecule has 0 fully saturated rings. The standard InChI is InChI=1S/C14H9ClF3N3/c15-8-12-20-11-2-1-7-19-13(11)21(12)10-5-3-9(4-6-10)14(16,17)18/h1-7H,8H2. The van der Waals surface area contributed by atoms with Gasteiger partial charge in [0.15, 0.2) is 5.65 Å². The van der Waals surface area contributed by atoms with E-state index in [2.05, 4.69) is 9.97 Å². The van der Waals surface area contributed by atoms with Crippen LogP contribution in [0.25, 0.3) is 16.9 Å². The van der Waals surface area contributed by atoms with Gasteiger partial charge in [-0.05, 0) is 36.4 Å². The molecule has 0 saturated heterocycles. The number of hydrogen-bond acceptors (Lipinski definition) is 2. The first-order valence-electron chi connectivity index (χ1n) is 6.06. The Morgan fingerprint density at radius 2 is 1.81 bits per heavy atom. The molecule has 0 radical (unpaired) electrons. The molecule has 21 heavy (non-hydrogen) atoms. The second-order valence-electron chi connectivity index (χ2n) is 4.39. The number of rotatable bonds is 2. The molecule has 0 N–H and O–H groups in total. The molecule has 3 rings (SSSR count). The second kappa shape index (κ2) is 5.04. The van der Waals surface area contributed by atoms with E-state index in [1.165, 1.54) is 12.1 Å². The fourth-order valence-electron chi connectivity index (χ4n) is 2.12. The Morgan fingerprint density at radius 1 is 1.10 bits per heavy atom. The van der Waals surface area contributed by atoms with E-state index in [4.69, 9.17) is 11.6 Å². The zero-order valence-corrected chi connectivity index (χ0v) is 11.4. The summed E-state index contributed by atoms with van der Waals surface area (Å²) in [4.78, 5) is 8.54. The molecular formula is C14H9ClF3N3. The minimum atomic E-state index is -4.36. The van der Waals surface area contributed by atoms with E-state index in [0.717, 1.165) is 12.1 Å². The largest absolute Gasteiger partial charge is 0.416 e. The Balaban J connectivity index is 2.16. The molecule has 0 aliphatic carbocycles. The van der Waals surface area contributed by atoms with E-state index in [-0.39, 0.29) is 5.88 Å². The number of nitrogens with zero attached hydrogens (tertiary/aromatic N) is 3. The Bertz CT molecular complexity index is 778. The first-order chi connectivity index (χ1) is 10.0. The van der Waals surface area contributed by atoms with Crippen LogP contribution in [-0.2, 0) is 12.1 Å². The van der Waals surface area contributed by atoms with Gasteiger partial charge in [-0.3, -0.25) is 4.57 Å². The maximum Gasteiger partial charge on any atom is 0.416 e. The highest BCUT2D eigenvalue weighted by Crippen LogP contribution is 2.30. The maximum atomic E-state index is 12.6. The van der Waals surface area contributed by atoms with Crippen molar-refractivity contribution in [3.63, 3.8) is 0 Å². The van der Waals surface area contributed by atoms with Gasteiger partial charge in [-0.1, -0.05) is 0 Å². The summed E-state index contributed by atoms with van der Waals surface area (Å²) in [5, 5.41) is 0. The van der Waals surface area contributed by atoms with Gasteiger partial charge in [0, 0.05) is 11.9 Å². The smallest absolute Gasteiger partial charge is 0.280 e. The van der Waals surface area contributed by atoms with Crippen LogP contribution >= 0.6 is 11.6 Å². The van der Waals surface area contributed by atoms with Crippen molar-refractivity contribution in [3.8, 4) is 5.69 Å². The third-order valence-corrected chi connectivity index (χ3v) is 3.30. The molecule has 0 spiro atoms. The predicted molar refractivity (Wildman–Crippen MR) is 73.4 cm³/mol. The molecule has 0 aliphatic heterocycles. The summed E-state index contributed by atoms with van der Waals surface area (Å²) in [6, 6.07) is 8.34. The van der Waals surface area contributed by atoms with Crippen molar-refractivity contribution in [2.75, 3.05) is 0 Å². The van der Waals surface area contributed by atoms with E-state index >= 15 is 0 Å². The van der Waals surface area contributed by atoms with Gasteiger partial charge in [0.1, 0.15) is 11.3 Å². The highest BCUT2D eigenvalue weighted by molar-refractivity contribution is 6.16. The number of alkyl halides is 4. The van der Waals surface area contributed by atoms with Crippen molar-refractivity contribution < 1.29 is 13.2 Å². The van der Waals surface area contributed by atoms with Crippen molar-refractivity contribution in [1.82, 2.24) is 14.5 Å². The lowest BCUT2D eigenvalue weighted by Gasteiger charge is -2.10. The third kappa shape index (κ3) is 2.47. The van der Waals surface area contributed by atoms with E-state index in [9.17, 15) is 13.2 Å². The minimum absolute atomic E-state index is 0.136. The van der Waals surface area contributed by atoms with Crippen LogP contribution in [0.4, 0.5) is 13.2 Å². The number of aromatic nitrogens is 3. The quantitative estimate of drug-likeness (QED) is 0.665. The molecule has 0 atom stereocenters. The van der Waals surface area contributed by atoms with Crippen molar-refractivity contribution in [3.05, 3.63) is 54.0 Å². The van der Waals surface area contributed by atoms with Crippen LogP contribution in [0.3, 0.4) is 0 Å². The topological polar surface area (TPSA) is 30.7 Å². The van der Waals surface area contributed by atoms with Crippen LogP contribution in [0.15, 0.2) is 42.6 Å². The average molecular weight is 312 g/mol. The fourth-order valence-corrected chi connectivity index (χ4v) is 2.30. The molecule has 0 aliphatic rings. The van der Waals surface area contributed by atoms with Crippen molar-refractivity contribution >= 4 is 22.8 Å². The average Bonchev–Trinajstić information content (AvgIpc) is 2.85. The zero-order chi connectivity index (χ0) is 15.0. The lowest BCUT2D eigenvalue weighted by atomic mass is 10.2. The summed E-state index contributed by atoms with van der Waals surface area (Å²) in [6.07, 6.45) is -2.76.